The van der Waals surface area contributed by atoms with Crippen LogP contribution in [0.2, 0.25) is 0 Å². The third kappa shape index (κ3) is 4.37. The maximum Gasteiger partial charge on any atom is 0.343 e. The summed E-state index contributed by atoms with van der Waals surface area (Å²) in [6.07, 6.45) is 2.69. The zero-order valence-corrected chi connectivity index (χ0v) is 19.4. The maximum absolute atomic E-state index is 15.5. The Morgan fingerprint density at radius 3 is 2.47 bits per heavy atom. The molecule has 0 saturated heterocycles. The Kier molecular flexibility index (Phi) is 6.93. The van der Waals surface area contributed by atoms with Crippen LogP contribution < -0.4 is 14.9 Å². The average Bonchev–Trinajstić information content (AvgIpc) is 2.76. The van der Waals surface area contributed by atoms with Crippen LogP contribution in [0, 0.1) is 11.2 Å². The highest BCUT2D eigenvalue weighted by molar-refractivity contribution is 5.89. The Balaban J connectivity index is 2.21. The molecule has 2 aromatic rings. The quantitative estimate of drug-likeness (QED) is 0.472. The van der Waals surface area contributed by atoms with Crippen LogP contribution in [0.4, 0.5) is 4.39 Å². The number of aromatic nitrogens is 1. The summed E-state index contributed by atoms with van der Waals surface area (Å²) >= 11 is 0. The number of ether oxygens (including phenoxy) is 4. The van der Waals surface area contributed by atoms with Gasteiger partial charge in [-0.05, 0) is 29.5 Å². The number of pyridine rings is 1. The van der Waals surface area contributed by atoms with Gasteiger partial charge in [-0.15, -0.1) is 0 Å². The fourth-order valence-electron chi connectivity index (χ4n) is 4.04. The lowest BCUT2D eigenvalue weighted by Gasteiger charge is -2.39. The number of nitrogens with zero attached hydrogens (tertiary/aromatic N) is 1. The fraction of sp³-hybridized carbons (Fsp3) is 0.500. The molecule has 1 aromatic heterocycles. The topological polar surface area (TPSA) is 76.0 Å². The van der Waals surface area contributed by atoms with Crippen molar-refractivity contribution in [2.45, 2.75) is 39.7 Å². The number of hydrogen-bond donors (Lipinski definition) is 0. The molecule has 174 valence electrons. The standard InChI is InChI=1S/C24H30FNO6/c1-24(2,3)19-11-14-10-18(32-9-7-8-29-4)17(30-5)12-15(14)21-20(25)22(27)16(13-26(19)21)23(28)31-6/h10,12-13,19H,7-9,11H2,1-6H3. The molecule has 1 atom stereocenters. The molecule has 8 heteroatoms. The van der Waals surface area contributed by atoms with Crippen LogP contribution in [0.5, 0.6) is 11.5 Å². The molecule has 1 aliphatic rings. The average molecular weight is 448 g/mol. The summed E-state index contributed by atoms with van der Waals surface area (Å²) in [6.45, 7) is 7.12. The van der Waals surface area contributed by atoms with E-state index in [0.29, 0.717) is 43.1 Å². The first-order valence-electron chi connectivity index (χ1n) is 10.5. The Hall–Kier alpha value is -2.87. The lowest BCUT2D eigenvalue weighted by atomic mass is 9.78. The molecule has 7 nitrogen and oxygen atoms in total. The molecule has 1 aromatic carbocycles. The molecule has 0 fully saturated rings. The SMILES string of the molecule is COCCCOc1cc2c(cc1OC)-c1c(F)c(=O)c(C(=O)OC)cn1C(C(C)(C)C)C2. The number of esters is 1. The van der Waals surface area contributed by atoms with Crippen molar-refractivity contribution in [1.82, 2.24) is 4.57 Å². The summed E-state index contributed by atoms with van der Waals surface area (Å²) in [5.41, 5.74) is -0.0814. The van der Waals surface area contributed by atoms with Gasteiger partial charge in [-0.1, -0.05) is 20.8 Å². The van der Waals surface area contributed by atoms with E-state index < -0.39 is 17.2 Å². The molecule has 32 heavy (non-hydrogen) atoms. The van der Waals surface area contributed by atoms with Gasteiger partial charge in [-0.25, -0.2) is 9.18 Å². The van der Waals surface area contributed by atoms with E-state index in [1.165, 1.54) is 20.4 Å². The van der Waals surface area contributed by atoms with Crippen LogP contribution >= 0.6 is 0 Å². The normalized spacial score (nSPS) is 15.0. The van der Waals surface area contributed by atoms with Crippen LogP contribution in [-0.4, -0.2) is 45.1 Å². The van der Waals surface area contributed by atoms with Gasteiger partial charge < -0.3 is 23.5 Å². The van der Waals surface area contributed by atoms with Crippen molar-refractivity contribution in [3.63, 3.8) is 0 Å². The van der Waals surface area contributed by atoms with Crippen molar-refractivity contribution in [3.8, 4) is 22.8 Å². The van der Waals surface area contributed by atoms with Gasteiger partial charge in [0, 0.05) is 37.9 Å². The molecule has 0 bridgehead atoms. The van der Waals surface area contributed by atoms with Crippen LogP contribution in [0.1, 0.15) is 49.2 Å². The molecule has 0 aliphatic carbocycles. The zero-order chi connectivity index (χ0) is 23.6. The molecule has 2 heterocycles. The fourth-order valence-corrected chi connectivity index (χ4v) is 4.04. The van der Waals surface area contributed by atoms with E-state index in [2.05, 4.69) is 0 Å². The van der Waals surface area contributed by atoms with Gasteiger partial charge >= 0.3 is 5.97 Å². The summed E-state index contributed by atoms with van der Waals surface area (Å²) in [4.78, 5) is 24.8. The highest BCUT2D eigenvalue weighted by Crippen LogP contribution is 2.46. The zero-order valence-electron chi connectivity index (χ0n) is 19.4. The Morgan fingerprint density at radius 1 is 1.16 bits per heavy atom. The largest absolute Gasteiger partial charge is 0.493 e. The summed E-state index contributed by atoms with van der Waals surface area (Å²) < 4.78 is 38.3. The molecule has 3 rings (SSSR count). The molecule has 0 saturated carbocycles. The molecule has 0 spiro atoms. The molecule has 0 N–H and O–H groups in total. The number of rotatable bonds is 7. The first-order chi connectivity index (χ1) is 15.1. The second-order valence-electron chi connectivity index (χ2n) is 8.87. The van der Waals surface area contributed by atoms with Gasteiger partial charge in [-0.2, -0.15) is 0 Å². The second-order valence-corrected chi connectivity index (χ2v) is 8.87. The maximum atomic E-state index is 15.5. The molecule has 0 radical (unpaired) electrons. The van der Waals surface area contributed by atoms with Gasteiger partial charge in [0.05, 0.1) is 26.5 Å². The summed E-state index contributed by atoms with van der Waals surface area (Å²) in [7, 11) is 4.30. The minimum atomic E-state index is -0.987. The van der Waals surface area contributed by atoms with E-state index in [9.17, 15) is 9.59 Å². The van der Waals surface area contributed by atoms with E-state index in [-0.39, 0.29) is 22.7 Å². The van der Waals surface area contributed by atoms with E-state index in [1.807, 2.05) is 26.8 Å². The molecular weight excluding hydrogens is 417 g/mol. The summed E-state index contributed by atoms with van der Waals surface area (Å²) in [6, 6.07) is 3.33. The number of fused-ring (bicyclic) bond motifs is 3. The number of carbonyl (C=O) groups is 1. The smallest absolute Gasteiger partial charge is 0.343 e. The first-order valence-corrected chi connectivity index (χ1v) is 10.5. The van der Waals surface area contributed by atoms with Crippen molar-refractivity contribution < 1.29 is 28.1 Å². The number of methoxy groups -OCH3 is 3. The van der Waals surface area contributed by atoms with E-state index in [4.69, 9.17) is 18.9 Å². The predicted molar refractivity (Wildman–Crippen MR) is 118 cm³/mol. The van der Waals surface area contributed by atoms with Gasteiger partial charge in [0.25, 0.3) is 0 Å². The van der Waals surface area contributed by atoms with Gasteiger partial charge in [0.2, 0.25) is 5.43 Å². The lowest BCUT2D eigenvalue weighted by molar-refractivity contribution is 0.0596. The molecule has 0 amide bonds. The Morgan fingerprint density at radius 2 is 1.88 bits per heavy atom. The molecular formula is C24H30FNO6. The highest BCUT2D eigenvalue weighted by atomic mass is 19.1. The third-order valence-electron chi connectivity index (χ3n) is 5.73. The van der Waals surface area contributed by atoms with E-state index in [0.717, 1.165) is 5.56 Å². The predicted octanol–water partition coefficient (Wildman–Crippen LogP) is 4.01. The first kappa shape index (κ1) is 23.8. The van der Waals surface area contributed by atoms with Crippen molar-refractivity contribution in [2.24, 2.45) is 5.41 Å². The van der Waals surface area contributed by atoms with Gasteiger partial charge in [0.1, 0.15) is 5.56 Å². The second kappa shape index (κ2) is 9.32. The van der Waals surface area contributed by atoms with Crippen molar-refractivity contribution in [3.05, 3.63) is 45.5 Å². The third-order valence-corrected chi connectivity index (χ3v) is 5.73. The lowest BCUT2D eigenvalue weighted by Crippen LogP contribution is -2.34. The summed E-state index contributed by atoms with van der Waals surface area (Å²) in [5, 5.41) is 0. The van der Waals surface area contributed by atoms with Crippen molar-refractivity contribution >= 4 is 5.97 Å². The minimum Gasteiger partial charge on any atom is -0.493 e. The Bertz CT molecular complexity index is 1070. The number of halogens is 1. The summed E-state index contributed by atoms with van der Waals surface area (Å²) in [5.74, 6) is -0.859. The van der Waals surface area contributed by atoms with E-state index >= 15 is 4.39 Å². The van der Waals surface area contributed by atoms with Crippen molar-refractivity contribution in [1.29, 1.82) is 0 Å². The van der Waals surface area contributed by atoms with Gasteiger partial charge in [0.15, 0.2) is 17.3 Å². The highest BCUT2D eigenvalue weighted by Gasteiger charge is 2.36. The number of carbonyl (C=O) groups excluding carboxylic acids is 1. The monoisotopic (exact) mass is 447 g/mol. The van der Waals surface area contributed by atoms with Crippen LogP contribution in [0.15, 0.2) is 23.1 Å². The number of benzene rings is 1. The number of hydrogen-bond acceptors (Lipinski definition) is 6. The van der Waals surface area contributed by atoms with Crippen LogP contribution in [0.25, 0.3) is 11.3 Å². The van der Waals surface area contributed by atoms with E-state index in [1.54, 1.807) is 17.7 Å². The van der Waals surface area contributed by atoms with Gasteiger partial charge in [-0.3, -0.25) is 4.79 Å². The minimum absolute atomic E-state index is 0.132. The van der Waals surface area contributed by atoms with Crippen LogP contribution in [0.3, 0.4) is 0 Å². The van der Waals surface area contributed by atoms with Crippen LogP contribution in [-0.2, 0) is 15.9 Å². The Labute approximate surface area is 187 Å². The molecule has 1 unspecified atom stereocenters. The molecule has 1 aliphatic heterocycles. The van der Waals surface area contributed by atoms with Crippen molar-refractivity contribution in [2.75, 3.05) is 34.5 Å².